The van der Waals surface area contributed by atoms with Crippen molar-refractivity contribution in [3.63, 3.8) is 0 Å². The van der Waals surface area contributed by atoms with E-state index in [1.54, 1.807) is 0 Å². The van der Waals surface area contributed by atoms with Crippen LogP contribution in [0, 0.1) is 0 Å². The van der Waals surface area contributed by atoms with E-state index in [0.717, 1.165) is 5.69 Å². The Morgan fingerprint density at radius 2 is 2.28 bits per heavy atom. The normalized spacial score (nSPS) is 16.4. The first kappa shape index (κ1) is 13.9. The highest BCUT2D eigenvalue weighted by molar-refractivity contribution is 7.90. The lowest BCUT2D eigenvalue weighted by Gasteiger charge is -2.19. The number of rotatable bonds is 7. The lowest BCUT2D eigenvalue weighted by atomic mass is 10.4. The summed E-state index contributed by atoms with van der Waals surface area (Å²) in [5.41, 5.74) is 0.902. The number of aliphatic hydroxyl groups excluding tert-OH is 1. The third-order valence-corrected chi connectivity index (χ3v) is 4.68. The third-order valence-electron chi connectivity index (χ3n) is 2.80. The predicted molar refractivity (Wildman–Crippen MR) is 71.2 cm³/mol. The number of sulfone groups is 1. The summed E-state index contributed by atoms with van der Waals surface area (Å²) in [7, 11) is -3.01. The third kappa shape index (κ3) is 4.31. The number of thiazole rings is 1. The Morgan fingerprint density at radius 1 is 1.56 bits per heavy atom. The van der Waals surface area contributed by atoms with Gasteiger partial charge in [0, 0.05) is 30.8 Å². The first-order valence-electron chi connectivity index (χ1n) is 5.94. The molecule has 0 aromatic carbocycles. The molecular weight excluding hydrogens is 272 g/mol. The van der Waals surface area contributed by atoms with Crippen molar-refractivity contribution in [1.82, 2.24) is 9.88 Å². The molecule has 18 heavy (non-hydrogen) atoms. The van der Waals surface area contributed by atoms with Crippen molar-refractivity contribution in [2.75, 3.05) is 19.4 Å². The van der Waals surface area contributed by atoms with Crippen molar-refractivity contribution >= 4 is 21.2 Å². The van der Waals surface area contributed by atoms with E-state index in [2.05, 4.69) is 9.88 Å². The van der Waals surface area contributed by atoms with E-state index >= 15 is 0 Å². The van der Waals surface area contributed by atoms with Gasteiger partial charge in [-0.2, -0.15) is 0 Å². The highest BCUT2D eigenvalue weighted by Gasteiger charge is 2.28. The van der Waals surface area contributed by atoms with Crippen LogP contribution in [0.4, 0.5) is 0 Å². The Morgan fingerprint density at radius 3 is 2.83 bits per heavy atom. The number of hydrogen-bond donors (Lipinski definition) is 1. The van der Waals surface area contributed by atoms with Crippen molar-refractivity contribution in [2.45, 2.75) is 31.2 Å². The minimum Gasteiger partial charge on any atom is -0.395 e. The fraction of sp³-hybridized carbons (Fsp3) is 0.727. The fourth-order valence-electron chi connectivity index (χ4n) is 1.88. The second kappa shape index (κ2) is 5.64. The van der Waals surface area contributed by atoms with Gasteiger partial charge in [-0.25, -0.2) is 13.4 Å². The van der Waals surface area contributed by atoms with Crippen LogP contribution in [0.3, 0.4) is 0 Å². The SMILES string of the molecule is CS(=O)(=O)Cc1nc(CN(CCO)C2CC2)cs1. The molecule has 0 aliphatic heterocycles. The Balaban J connectivity index is 1.96. The minimum atomic E-state index is -3.01. The second-order valence-corrected chi connectivity index (χ2v) is 7.81. The lowest BCUT2D eigenvalue weighted by Crippen LogP contribution is -2.28. The molecule has 1 aromatic heterocycles. The van der Waals surface area contributed by atoms with Crippen LogP contribution in [0.15, 0.2) is 5.38 Å². The topological polar surface area (TPSA) is 70.5 Å². The number of aromatic nitrogens is 1. The van der Waals surface area contributed by atoms with Crippen molar-refractivity contribution in [3.05, 3.63) is 16.1 Å². The van der Waals surface area contributed by atoms with Crippen LogP contribution in [0.2, 0.25) is 0 Å². The van der Waals surface area contributed by atoms with Gasteiger partial charge in [0.05, 0.1) is 12.3 Å². The summed E-state index contributed by atoms with van der Waals surface area (Å²) in [4.78, 5) is 6.55. The van der Waals surface area contributed by atoms with Crippen molar-refractivity contribution < 1.29 is 13.5 Å². The summed E-state index contributed by atoms with van der Waals surface area (Å²) in [5.74, 6) is 0.0150. The van der Waals surface area contributed by atoms with Crippen LogP contribution in [0.1, 0.15) is 23.5 Å². The molecule has 0 radical (unpaired) electrons. The van der Waals surface area contributed by atoms with Gasteiger partial charge in [-0.3, -0.25) is 4.90 Å². The van der Waals surface area contributed by atoms with E-state index in [9.17, 15) is 8.42 Å². The van der Waals surface area contributed by atoms with Gasteiger partial charge in [0.1, 0.15) is 10.8 Å². The molecule has 0 amide bonds. The molecule has 102 valence electrons. The summed E-state index contributed by atoms with van der Waals surface area (Å²) in [6.45, 7) is 1.51. The molecule has 0 bridgehead atoms. The van der Waals surface area contributed by atoms with Crippen LogP contribution < -0.4 is 0 Å². The number of aliphatic hydroxyl groups is 1. The standard InChI is InChI=1S/C11H18N2O3S2/c1-18(15,16)8-11-12-9(7-17-11)6-13(4-5-14)10-2-3-10/h7,10,14H,2-6,8H2,1H3. The van der Waals surface area contributed by atoms with Crippen molar-refractivity contribution in [1.29, 1.82) is 0 Å². The molecule has 5 nitrogen and oxygen atoms in total. The molecule has 0 saturated heterocycles. The van der Waals surface area contributed by atoms with E-state index in [0.29, 0.717) is 24.1 Å². The maximum Gasteiger partial charge on any atom is 0.153 e. The number of hydrogen-bond acceptors (Lipinski definition) is 6. The molecule has 1 N–H and O–H groups in total. The van der Waals surface area contributed by atoms with Crippen LogP contribution >= 0.6 is 11.3 Å². The van der Waals surface area contributed by atoms with Crippen LogP contribution in [-0.2, 0) is 22.1 Å². The van der Waals surface area contributed by atoms with Gasteiger partial charge in [0.15, 0.2) is 9.84 Å². The first-order valence-corrected chi connectivity index (χ1v) is 8.88. The minimum absolute atomic E-state index is 0.0150. The smallest absolute Gasteiger partial charge is 0.153 e. The van der Waals surface area contributed by atoms with E-state index in [4.69, 9.17) is 5.11 Å². The summed E-state index contributed by atoms with van der Waals surface area (Å²) >= 11 is 1.39. The molecule has 1 fully saturated rings. The van der Waals surface area contributed by atoms with Gasteiger partial charge >= 0.3 is 0 Å². The van der Waals surface area contributed by atoms with E-state index in [1.165, 1.54) is 30.4 Å². The summed E-state index contributed by atoms with van der Waals surface area (Å²) < 4.78 is 22.4. The zero-order valence-electron chi connectivity index (χ0n) is 10.4. The number of nitrogens with zero attached hydrogens (tertiary/aromatic N) is 2. The largest absolute Gasteiger partial charge is 0.395 e. The first-order chi connectivity index (χ1) is 8.48. The molecule has 2 rings (SSSR count). The average molecular weight is 290 g/mol. The molecule has 0 atom stereocenters. The monoisotopic (exact) mass is 290 g/mol. The molecule has 7 heteroatoms. The van der Waals surface area contributed by atoms with Crippen LogP contribution in [0.5, 0.6) is 0 Å². The second-order valence-electron chi connectivity index (χ2n) is 4.73. The van der Waals surface area contributed by atoms with E-state index in [1.807, 2.05) is 5.38 Å². The van der Waals surface area contributed by atoms with Crippen molar-refractivity contribution in [3.8, 4) is 0 Å². The highest BCUT2D eigenvalue weighted by atomic mass is 32.2. The van der Waals surface area contributed by atoms with Gasteiger partial charge in [-0.15, -0.1) is 11.3 Å². The lowest BCUT2D eigenvalue weighted by molar-refractivity contribution is 0.182. The Labute approximate surface area is 111 Å². The molecule has 1 aromatic rings. The summed E-state index contributed by atoms with van der Waals surface area (Å²) in [5, 5.41) is 11.6. The van der Waals surface area contributed by atoms with Gasteiger partial charge in [-0.1, -0.05) is 0 Å². The average Bonchev–Trinajstić information content (AvgIpc) is 3.00. The van der Waals surface area contributed by atoms with Gasteiger partial charge < -0.3 is 5.11 Å². The molecule has 0 unspecified atom stereocenters. The molecule has 1 heterocycles. The van der Waals surface area contributed by atoms with Crippen LogP contribution in [0.25, 0.3) is 0 Å². The zero-order valence-corrected chi connectivity index (χ0v) is 12.0. The molecule has 1 aliphatic carbocycles. The molecular formula is C11H18N2O3S2. The maximum absolute atomic E-state index is 11.2. The van der Waals surface area contributed by atoms with Gasteiger partial charge in [-0.05, 0) is 12.8 Å². The Bertz CT molecular complexity index is 494. The molecule has 1 saturated carbocycles. The van der Waals surface area contributed by atoms with E-state index in [-0.39, 0.29) is 12.4 Å². The fourth-order valence-corrected chi connectivity index (χ4v) is 3.88. The van der Waals surface area contributed by atoms with Gasteiger partial charge in [0.25, 0.3) is 0 Å². The zero-order chi connectivity index (χ0) is 13.2. The summed E-state index contributed by atoms with van der Waals surface area (Å²) in [6, 6.07) is 0.567. The van der Waals surface area contributed by atoms with Gasteiger partial charge in [0.2, 0.25) is 0 Å². The quantitative estimate of drug-likeness (QED) is 0.798. The molecule has 0 spiro atoms. The highest BCUT2D eigenvalue weighted by Crippen LogP contribution is 2.28. The predicted octanol–water partition coefficient (Wildman–Crippen LogP) is 0.644. The Hall–Kier alpha value is -0.500. The Kier molecular flexibility index (Phi) is 4.37. The summed E-state index contributed by atoms with van der Waals surface area (Å²) in [6.07, 6.45) is 3.58. The van der Waals surface area contributed by atoms with Crippen LogP contribution in [-0.4, -0.2) is 48.9 Å². The molecule has 1 aliphatic rings. The maximum atomic E-state index is 11.2. The van der Waals surface area contributed by atoms with Crippen molar-refractivity contribution in [2.24, 2.45) is 0 Å². The van der Waals surface area contributed by atoms with E-state index < -0.39 is 9.84 Å².